The van der Waals surface area contributed by atoms with E-state index in [1.807, 2.05) is 61.5 Å². The Bertz CT molecular complexity index is 978. The van der Waals surface area contributed by atoms with Gasteiger partial charge in [0.1, 0.15) is 6.07 Å². The summed E-state index contributed by atoms with van der Waals surface area (Å²) in [5.74, 6) is -0.759. The van der Waals surface area contributed by atoms with Gasteiger partial charge in [-0.25, -0.2) is 0 Å². The molecule has 1 aromatic carbocycles. The molecule has 3 atom stereocenters. The summed E-state index contributed by atoms with van der Waals surface area (Å²) in [6, 6.07) is 17.2. The van der Waals surface area contributed by atoms with E-state index >= 15 is 0 Å². The van der Waals surface area contributed by atoms with Gasteiger partial charge in [0.25, 0.3) is 0 Å². The SMILES string of the molecule is C[C@H]1C(=O)C(C#N)=C[C@@]2(c3ccccc3)C(=O)N(Cc3ccccn3)CC[C@H]12. The lowest BCUT2D eigenvalue weighted by molar-refractivity contribution is -0.145. The van der Waals surface area contributed by atoms with Gasteiger partial charge in [0.2, 0.25) is 5.91 Å². The number of nitrogens with zero attached hydrogens (tertiary/aromatic N) is 3. The summed E-state index contributed by atoms with van der Waals surface area (Å²) >= 11 is 0. The molecule has 28 heavy (non-hydrogen) atoms. The van der Waals surface area contributed by atoms with Gasteiger partial charge < -0.3 is 4.90 Å². The van der Waals surface area contributed by atoms with Crippen LogP contribution in [0.25, 0.3) is 0 Å². The molecule has 1 aromatic heterocycles. The second kappa shape index (κ2) is 7.05. The van der Waals surface area contributed by atoms with Crippen LogP contribution in [0.15, 0.2) is 66.4 Å². The lowest BCUT2D eigenvalue weighted by atomic mass is 9.57. The molecule has 5 heteroatoms. The van der Waals surface area contributed by atoms with Gasteiger partial charge in [-0.05, 0) is 36.1 Å². The summed E-state index contributed by atoms with van der Waals surface area (Å²) < 4.78 is 0. The van der Waals surface area contributed by atoms with Gasteiger partial charge in [-0.15, -0.1) is 0 Å². The van der Waals surface area contributed by atoms with E-state index in [0.29, 0.717) is 19.5 Å². The van der Waals surface area contributed by atoms with Crippen molar-refractivity contribution in [1.82, 2.24) is 9.88 Å². The van der Waals surface area contributed by atoms with Crippen molar-refractivity contribution in [1.29, 1.82) is 5.26 Å². The summed E-state index contributed by atoms with van der Waals surface area (Å²) in [4.78, 5) is 32.6. The first-order chi connectivity index (χ1) is 13.6. The van der Waals surface area contributed by atoms with Gasteiger partial charge in [-0.2, -0.15) is 5.26 Å². The summed E-state index contributed by atoms with van der Waals surface area (Å²) in [5.41, 5.74) is 0.748. The molecular weight excluding hydrogens is 350 g/mol. The van der Waals surface area contributed by atoms with Gasteiger partial charge in [0, 0.05) is 18.7 Å². The number of benzene rings is 1. The average molecular weight is 371 g/mol. The summed E-state index contributed by atoms with van der Waals surface area (Å²) in [5, 5.41) is 9.54. The molecule has 0 N–H and O–H groups in total. The number of aromatic nitrogens is 1. The van der Waals surface area contributed by atoms with E-state index in [1.54, 1.807) is 17.2 Å². The molecule has 1 aliphatic heterocycles. The van der Waals surface area contributed by atoms with Crippen LogP contribution in [0.2, 0.25) is 0 Å². The van der Waals surface area contributed by atoms with Gasteiger partial charge >= 0.3 is 0 Å². The molecule has 2 aromatic rings. The summed E-state index contributed by atoms with van der Waals surface area (Å²) in [7, 11) is 0. The highest BCUT2D eigenvalue weighted by molar-refractivity contribution is 6.06. The number of rotatable bonds is 3. The molecule has 0 unspecified atom stereocenters. The zero-order chi connectivity index (χ0) is 19.7. The first-order valence-corrected chi connectivity index (χ1v) is 9.50. The maximum atomic E-state index is 13.8. The van der Waals surface area contributed by atoms with Crippen LogP contribution in [-0.2, 0) is 21.5 Å². The summed E-state index contributed by atoms with van der Waals surface area (Å²) in [6.07, 6.45) is 4.05. The smallest absolute Gasteiger partial charge is 0.237 e. The maximum Gasteiger partial charge on any atom is 0.237 e. The number of likely N-dealkylation sites (tertiary alicyclic amines) is 1. The molecule has 0 saturated carbocycles. The Hall–Kier alpha value is -3.26. The number of carbonyl (C=O) groups is 2. The molecule has 4 rings (SSSR count). The molecule has 0 spiro atoms. The largest absolute Gasteiger partial charge is 0.336 e. The Labute approximate surface area is 164 Å². The average Bonchev–Trinajstić information content (AvgIpc) is 2.74. The first-order valence-electron chi connectivity index (χ1n) is 9.50. The van der Waals surface area contributed by atoms with Crippen molar-refractivity contribution < 1.29 is 9.59 Å². The van der Waals surface area contributed by atoms with E-state index in [-0.39, 0.29) is 29.1 Å². The molecular formula is C23H21N3O2. The number of fused-ring (bicyclic) bond motifs is 1. The van der Waals surface area contributed by atoms with Crippen molar-refractivity contribution in [2.24, 2.45) is 11.8 Å². The van der Waals surface area contributed by atoms with Crippen LogP contribution in [0.4, 0.5) is 0 Å². The Morgan fingerprint density at radius 2 is 1.93 bits per heavy atom. The molecule has 0 radical (unpaired) electrons. The van der Waals surface area contributed by atoms with Crippen molar-refractivity contribution in [3.05, 3.63) is 77.6 Å². The molecule has 1 amide bonds. The third kappa shape index (κ3) is 2.73. The highest BCUT2D eigenvalue weighted by Crippen LogP contribution is 2.49. The fraction of sp³-hybridized carbons (Fsp3) is 0.304. The van der Waals surface area contributed by atoms with Crippen LogP contribution in [-0.4, -0.2) is 28.1 Å². The number of hydrogen-bond donors (Lipinski definition) is 0. The molecule has 1 saturated heterocycles. The predicted octanol–water partition coefficient (Wildman–Crippen LogP) is 3.04. The quantitative estimate of drug-likeness (QED) is 0.831. The fourth-order valence-corrected chi connectivity index (χ4v) is 4.64. The zero-order valence-corrected chi connectivity index (χ0v) is 15.7. The number of Topliss-reactive ketones (excluding diaryl/α,β-unsaturated/α-hetero) is 1. The minimum absolute atomic E-state index is 0.0623. The van der Waals surface area contributed by atoms with E-state index in [0.717, 1.165) is 11.3 Å². The van der Waals surface area contributed by atoms with E-state index in [4.69, 9.17) is 0 Å². The molecule has 140 valence electrons. The van der Waals surface area contributed by atoms with Crippen molar-refractivity contribution in [2.75, 3.05) is 6.54 Å². The van der Waals surface area contributed by atoms with E-state index in [1.165, 1.54) is 0 Å². The van der Waals surface area contributed by atoms with Crippen LogP contribution < -0.4 is 0 Å². The molecule has 2 aliphatic rings. The Balaban J connectivity index is 1.84. The number of piperidine rings is 1. The van der Waals surface area contributed by atoms with Crippen LogP contribution in [0.1, 0.15) is 24.6 Å². The number of carbonyl (C=O) groups excluding carboxylic acids is 2. The standard InChI is InChI=1S/C23H21N3O2/c1-16-20-10-12-26(15-19-9-5-6-11-25-19)22(28)23(20,13-17(14-24)21(16)27)18-7-3-2-4-8-18/h2-9,11,13,16,20H,10,12,15H2,1H3/t16-,20-,23+/m1/s1. The normalized spacial score (nSPS) is 27.0. The highest BCUT2D eigenvalue weighted by Gasteiger charge is 2.56. The van der Waals surface area contributed by atoms with Gasteiger partial charge in [0.15, 0.2) is 5.78 Å². The molecule has 5 nitrogen and oxygen atoms in total. The Morgan fingerprint density at radius 1 is 1.18 bits per heavy atom. The van der Waals surface area contributed by atoms with Crippen molar-refractivity contribution >= 4 is 11.7 Å². The second-order valence-corrected chi connectivity index (χ2v) is 7.50. The number of hydrogen-bond acceptors (Lipinski definition) is 4. The highest BCUT2D eigenvalue weighted by atomic mass is 16.2. The Morgan fingerprint density at radius 3 is 2.61 bits per heavy atom. The van der Waals surface area contributed by atoms with Crippen LogP contribution in [0, 0.1) is 23.2 Å². The van der Waals surface area contributed by atoms with Crippen LogP contribution >= 0.6 is 0 Å². The van der Waals surface area contributed by atoms with Crippen molar-refractivity contribution in [3.63, 3.8) is 0 Å². The van der Waals surface area contributed by atoms with Gasteiger partial charge in [-0.1, -0.05) is 43.3 Å². The lowest BCUT2D eigenvalue weighted by Gasteiger charge is -2.49. The molecule has 1 fully saturated rings. The predicted molar refractivity (Wildman–Crippen MR) is 104 cm³/mol. The van der Waals surface area contributed by atoms with E-state index in [2.05, 4.69) is 4.98 Å². The minimum atomic E-state index is -0.993. The second-order valence-electron chi connectivity index (χ2n) is 7.50. The van der Waals surface area contributed by atoms with Gasteiger partial charge in [-0.3, -0.25) is 14.6 Å². The summed E-state index contributed by atoms with van der Waals surface area (Å²) in [6.45, 7) is 2.83. The van der Waals surface area contributed by atoms with Crippen LogP contribution in [0.3, 0.4) is 0 Å². The minimum Gasteiger partial charge on any atom is -0.336 e. The van der Waals surface area contributed by atoms with E-state index in [9.17, 15) is 14.9 Å². The number of nitriles is 1. The van der Waals surface area contributed by atoms with Crippen molar-refractivity contribution in [3.8, 4) is 6.07 Å². The number of pyridine rings is 1. The fourth-order valence-electron chi connectivity index (χ4n) is 4.64. The third-order valence-corrected chi connectivity index (χ3v) is 6.04. The topological polar surface area (TPSA) is 74.1 Å². The first kappa shape index (κ1) is 18.1. The maximum absolute atomic E-state index is 13.8. The zero-order valence-electron chi connectivity index (χ0n) is 15.7. The molecule has 2 heterocycles. The lowest BCUT2D eigenvalue weighted by Crippen LogP contribution is -2.59. The van der Waals surface area contributed by atoms with Crippen molar-refractivity contribution in [2.45, 2.75) is 25.3 Å². The van der Waals surface area contributed by atoms with Crippen LogP contribution in [0.5, 0.6) is 0 Å². The Kier molecular flexibility index (Phi) is 4.56. The molecule has 1 aliphatic carbocycles. The monoisotopic (exact) mass is 371 g/mol. The van der Waals surface area contributed by atoms with E-state index < -0.39 is 5.41 Å². The number of amides is 1. The van der Waals surface area contributed by atoms with Gasteiger partial charge in [0.05, 0.1) is 23.2 Å². The molecule has 0 bridgehead atoms. The number of allylic oxidation sites excluding steroid dienone is 1. The third-order valence-electron chi connectivity index (χ3n) is 6.04. The number of ketones is 1.